The molecule has 0 aliphatic rings. The molecule has 0 radical (unpaired) electrons. The van der Waals surface area contributed by atoms with Gasteiger partial charge < -0.3 is 14.4 Å². The molecule has 4 nitrogen and oxygen atoms in total. The van der Waals surface area contributed by atoms with Crippen LogP contribution in [0.2, 0.25) is 0 Å². The van der Waals surface area contributed by atoms with E-state index in [-0.39, 0.29) is 31.0 Å². The molecule has 124 valence electrons. The molecule has 0 unspecified atom stereocenters. The molecule has 0 aliphatic carbocycles. The molecule has 22 heavy (non-hydrogen) atoms. The monoisotopic (exact) mass is 315 g/mol. The van der Waals surface area contributed by atoms with Gasteiger partial charge in [-0.15, -0.1) is 0 Å². The van der Waals surface area contributed by atoms with Crippen LogP contribution >= 0.6 is 0 Å². The smallest absolute Gasteiger partial charge is 0.222 e. The molecule has 1 rings (SSSR count). The van der Waals surface area contributed by atoms with Gasteiger partial charge in [-0.3, -0.25) is 4.79 Å². The maximum absolute atomic E-state index is 13.8. The Labute approximate surface area is 130 Å². The van der Waals surface area contributed by atoms with Gasteiger partial charge in [0.15, 0.2) is 6.29 Å². The minimum absolute atomic E-state index is 0.0510. The molecule has 0 heterocycles. The zero-order valence-electron chi connectivity index (χ0n) is 13.3. The van der Waals surface area contributed by atoms with Crippen molar-refractivity contribution in [3.8, 4) is 0 Å². The minimum Gasteiger partial charge on any atom is -0.351 e. The Hall–Kier alpha value is -1.53. The van der Waals surface area contributed by atoms with Crippen LogP contribution in [0.25, 0.3) is 0 Å². The number of ether oxygens (including phenoxy) is 2. The fraction of sp³-hybridized carbons (Fsp3) is 0.562. The second-order valence-electron chi connectivity index (χ2n) is 4.70. The molecule has 0 N–H and O–H groups in total. The lowest BCUT2D eigenvalue weighted by atomic mass is 10.2. The van der Waals surface area contributed by atoms with Crippen LogP contribution in [0, 0.1) is 11.6 Å². The summed E-state index contributed by atoms with van der Waals surface area (Å²) >= 11 is 0. The average molecular weight is 315 g/mol. The molecule has 1 amide bonds. The van der Waals surface area contributed by atoms with E-state index in [0.717, 1.165) is 6.07 Å². The van der Waals surface area contributed by atoms with Gasteiger partial charge in [-0.25, -0.2) is 8.78 Å². The van der Waals surface area contributed by atoms with Crippen LogP contribution in [0.1, 0.15) is 32.8 Å². The maximum Gasteiger partial charge on any atom is 0.222 e. The molecular formula is C16H23F2NO3. The second kappa shape index (κ2) is 9.48. The van der Waals surface area contributed by atoms with Gasteiger partial charge in [0.1, 0.15) is 11.6 Å². The molecule has 0 aromatic heterocycles. The molecule has 0 saturated heterocycles. The molecule has 0 aliphatic heterocycles. The number of benzene rings is 1. The zero-order valence-corrected chi connectivity index (χ0v) is 13.3. The van der Waals surface area contributed by atoms with Gasteiger partial charge in [-0.05, 0) is 19.9 Å². The first-order chi connectivity index (χ1) is 10.5. The number of carbonyl (C=O) groups is 1. The summed E-state index contributed by atoms with van der Waals surface area (Å²) in [6.45, 7) is 6.54. The van der Waals surface area contributed by atoms with Crippen LogP contribution in [0.4, 0.5) is 8.78 Å². The maximum atomic E-state index is 13.8. The number of rotatable bonds is 9. The van der Waals surface area contributed by atoms with Crippen molar-refractivity contribution in [2.45, 2.75) is 40.0 Å². The third-order valence-corrected chi connectivity index (χ3v) is 3.11. The van der Waals surface area contributed by atoms with Gasteiger partial charge in [-0.1, -0.05) is 13.0 Å². The summed E-state index contributed by atoms with van der Waals surface area (Å²) in [5.74, 6) is -1.46. The minimum atomic E-state index is -0.668. The van der Waals surface area contributed by atoms with Gasteiger partial charge in [0.25, 0.3) is 0 Å². The second-order valence-corrected chi connectivity index (χ2v) is 4.70. The fourth-order valence-corrected chi connectivity index (χ4v) is 2.04. The van der Waals surface area contributed by atoms with Crippen molar-refractivity contribution in [2.75, 3.05) is 19.8 Å². The van der Waals surface area contributed by atoms with Crippen LogP contribution in [-0.4, -0.2) is 36.9 Å². The summed E-state index contributed by atoms with van der Waals surface area (Å²) < 4.78 is 37.6. The third-order valence-electron chi connectivity index (χ3n) is 3.11. The molecule has 0 bridgehead atoms. The van der Waals surface area contributed by atoms with E-state index in [0.29, 0.717) is 13.2 Å². The summed E-state index contributed by atoms with van der Waals surface area (Å²) in [6.07, 6.45) is -0.276. The third kappa shape index (κ3) is 5.69. The molecule has 1 aromatic rings. The Bertz CT molecular complexity index is 476. The van der Waals surface area contributed by atoms with E-state index < -0.39 is 17.9 Å². The number of hydrogen-bond acceptors (Lipinski definition) is 3. The van der Waals surface area contributed by atoms with E-state index >= 15 is 0 Å². The van der Waals surface area contributed by atoms with Crippen molar-refractivity contribution in [3.63, 3.8) is 0 Å². The van der Waals surface area contributed by atoms with Crippen molar-refractivity contribution < 1.29 is 23.0 Å². The van der Waals surface area contributed by atoms with E-state index in [4.69, 9.17) is 9.47 Å². The highest BCUT2D eigenvalue weighted by Gasteiger charge is 2.20. The van der Waals surface area contributed by atoms with Gasteiger partial charge in [0.2, 0.25) is 5.91 Å². The number of halogens is 2. The first-order valence-corrected chi connectivity index (χ1v) is 7.46. The molecule has 0 saturated carbocycles. The summed E-state index contributed by atoms with van der Waals surface area (Å²) in [7, 11) is 0. The largest absolute Gasteiger partial charge is 0.351 e. The Balaban J connectivity index is 2.85. The predicted molar refractivity (Wildman–Crippen MR) is 79.1 cm³/mol. The quantitative estimate of drug-likeness (QED) is 0.657. The number of amides is 1. The Morgan fingerprint density at radius 3 is 2.32 bits per heavy atom. The summed E-state index contributed by atoms with van der Waals surface area (Å²) in [6, 6.07) is 3.33. The van der Waals surface area contributed by atoms with Gasteiger partial charge >= 0.3 is 0 Å². The molecule has 0 fully saturated rings. The van der Waals surface area contributed by atoms with Crippen molar-refractivity contribution in [1.82, 2.24) is 4.90 Å². The first kappa shape index (κ1) is 18.5. The molecular weight excluding hydrogens is 292 g/mol. The number of carbonyl (C=O) groups excluding carboxylic acids is 1. The lowest BCUT2D eigenvalue weighted by molar-refractivity contribution is -0.159. The standard InChI is InChI=1S/C16H23F2NO3/c1-4-15(20)19(11-16(21-5-2)22-6-3)10-12-7-8-13(17)9-14(12)18/h7-9,16H,4-6,10-11H2,1-3H3. The van der Waals surface area contributed by atoms with Gasteiger partial charge in [0, 0.05) is 37.8 Å². The van der Waals surface area contributed by atoms with E-state index in [9.17, 15) is 13.6 Å². The van der Waals surface area contributed by atoms with Gasteiger partial charge in [-0.2, -0.15) is 0 Å². The first-order valence-electron chi connectivity index (χ1n) is 7.46. The Morgan fingerprint density at radius 2 is 1.82 bits per heavy atom. The van der Waals surface area contributed by atoms with Crippen LogP contribution in [0.5, 0.6) is 0 Å². The van der Waals surface area contributed by atoms with Crippen molar-refractivity contribution in [3.05, 3.63) is 35.4 Å². The lowest BCUT2D eigenvalue weighted by Gasteiger charge is -2.27. The molecule has 1 aromatic carbocycles. The van der Waals surface area contributed by atoms with Crippen molar-refractivity contribution in [1.29, 1.82) is 0 Å². The van der Waals surface area contributed by atoms with Crippen LogP contribution in [0.15, 0.2) is 18.2 Å². The van der Waals surface area contributed by atoms with Crippen molar-refractivity contribution in [2.24, 2.45) is 0 Å². The van der Waals surface area contributed by atoms with E-state index in [1.54, 1.807) is 6.92 Å². The summed E-state index contributed by atoms with van der Waals surface area (Å²) in [4.78, 5) is 13.5. The zero-order chi connectivity index (χ0) is 16.5. The Morgan fingerprint density at radius 1 is 1.18 bits per heavy atom. The topological polar surface area (TPSA) is 38.8 Å². The van der Waals surface area contributed by atoms with Crippen molar-refractivity contribution >= 4 is 5.91 Å². The number of hydrogen-bond donors (Lipinski definition) is 0. The van der Waals surface area contributed by atoms with Crippen LogP contribution < -0.4 is 0 Å². The van der Waals surface area contributed by atoms with Crippen LogP contribution in [0.3, 0.4) is 0 Å². The molecule has 0 spiro atoms. The van der Waals surface area contributed by atoms with E-state index in [2.05, 4.69) is 0 Å². The molecule has 6 heteroatoms. The average Bonchev–Trinajstić information content (AvgIpc) is 2.48. The van der Waals surface area contributed by atoms with E-state index in [1.807, 2.05) is 13.8 Å². The molecule has 0 atom stereocenters. The Kier molecular flexibility index (Phi) is 7.98. The summed E-state index contributed by atoms with van der Waals surface area (Å²) in [5.41, 5.74) is 0.259. The highest BCUT2D eigenvalue weighted by Crippen LogP contribution is 2.14. The summed E-state index contributed by atoms with van der Waals surface area (Å²) in [5, 5.41) is 0. The highest BCUT2D eigenvalue weighted by molar-refractivity contribution is 5.75. The normalized spacial score (nSPS) is 11.0. The van der Waals surface area contributed by atoms with E-state index in [1.165, 1.54) is 17.0 Å². The SMILES string of the molecule is CCOC(CN(Cc1ccc(F)cc1F)C(=O)CC)OCC. The number of nitrogens with zero attached hydrogens (tertiary/aromatic N) is 1. The lowest BCUT2D eigenvalue weighted by Crippen LogP contribution is -2.39. The highest BCUT2D eigenvalue weighted by atomic mass is 19.1. The van der Waals surface area contributed by atoms with Gasteiger partial charge in [0.05, 0.1) is 6.54 Å². The fourth-order valence-electron chi connectivity index (χ4n) is 2.04. The predicted octanol–water partition coefficient (Wildman–Crippen LogP) is 3.10. The van der Waals surface area contributed by atoms with Crippen LogP contribution in [-0.2, 0) is 20.8 Å².